The lowest BCUT2D eigenvalue weighted by Gasteiger charge is -2.11. The van der Waals surface area contributed by atoms with Gasteiger partial charge in [-0.05, 0) is 19.1 Å². The molecule has 1 aromatic rings. The van der Waals surface area contributed by atoms with Gasteiger partial charge in [0.1, 0.15) is 5.78 Å². The highest BCUT2D eigenvalue weighted by molar-refractivity contribution is 6.31. The molecule has 1 rings (SSSR count). The maximum atomic E-state index is 12.1. The predicted octanol–water partition coefficient (Wildman–Crippen LogP) is 2.29. The Kier molecular flexibility index (Phi) is 5.04. The Labute approximate surface area is 110 Å². The summed E-state index contributed by atoms with van der Waals surface area (Å²) in [6, 6.07) is 6.27. The molecule has 18 heavy (non-hydrogen) atoms. The number of ether oxygens (including phenoxy) is 1. The Morgan fingerprint density at radius 3 is 2.50 bits per heavy atom. The molecule has 0 radical (unpaired) electrons. The third-order valence-electron chi connectivity index (χ3n) is 2.51. The first-order chi connectivity index (χ1) is 8.45. The van der Waals surface area contributed by atoms with Gasteiger partial charge in [0.15, 0.2) is 5.78 Å². The molecular formula is C13H13ClO4. The van der Waals surface area contributed by atoms with Crippen LogP contribution in [0, 0.1) is 5.92 Å². The molecule has 0 aromatic heterocycles. The molecule has 0 saturated carbocycles. The van der Waals surface area contributed by atoms with Crippen molar-refractivity contribution in [3.8, 4) is 0 Å². The van der Waals surface area contributed by atoms with Gasteiger partial charge in [-0.15, -0.1) is 0 Å². The normalized spacial score (nSPS) is 11.7. The maximum absolute atomic E-state index is 12.1. The molecule has 0 aliphatic rings. The summed E-state index contributed by atoms with van der Waals surface area (Å²) in [6.45, 7) is 1.27. The number of carbonyl (C=O) groups is 3. The Balaban J connectivity index is 2.96. The van der Waals surface area contributed by atoms with Crippen LogP contribution in [0.1, 0.15) is 23.7 Å². The standard InChI is InChI=1S/C13H13ClO4/c1-8(15)11(7-12(16)18-2)13(17)9-4-3-5-10(14)6-9/h3-6,11H,7H2,1-2H3. The van der Waals surface area contributed by atoms with E-state index >= 15 is 0 Å². The third kappa shape index (κ3) is 3.67. The molecule has 96 valence electrons. The van der Waals surface area contributed by atoms with Gasteiger partial charge in [-0.25, -0.2) is 0 Å². The van der Waals surface area contributed by atoms with E-state index in [1.165, 1.54) is 20.1 Å². The molecule has 0 N–H and O–H groups in total. The number of methoxy groups -OCH3 is 1. The Hall–Kier alpha value is -1.68. The molecule has 0 saturated heterocycles. The van der Waals surface area contributed by atoms with E-state index in [2.05, 4.69) is 4.74 Å². The summed E-state index contributed by atoms with van der Waals surface area (Å²) < 4.78 is 4.47. The highest BCUT2D eigenvalue weighted by Gasteiger charge is 2.27. The number of halogens is 1. The van der Waals surface area contributed by atoms with E-state index in [1.807, 2.05) is 0 Å². The van der Waals surface area contributed by atoms with Crippen LogP contribution < -0.4 is 0 Å². The first-order valence-corrected chi connectivity index (χ1v) is 5.70. The summed E-state index contributed by atoms with van der Waals surface area (Å²) >= 11 is 5.78. The summed E-state index contributed by atoms with van der Waals surface area (Å²) in [5.41, 5.74) is 0.312. The van der Waals surface area contributed by atoms with Crippen molar-refractivity contribution in [3.63, 3.8) is 0 Å². The summed E-state index contributed by atoms with van der Waals surface area (Å²) in [5, 5.41) is 0.404. The highest BCUT2D eigenvalue weighted by atomic mass is 35.5. The van der Waals surface area contributed by atoms with Crippen LogP contribution in [0.3, 0.4) is 0 Å². The minimum absolute atomic E-state index is 0.253. The van der Waals surface area contributed by atoms with Gasteiger partial charge in [0.2, 0.25) is 0 Å². The summed E-state index contributed by atoms with van der Waals surface area (Å²) in [4.78, 5) is 34.7. The van der Waals surface area contributed by atoms with Gasteiger partial charge in [0.05, 0.1) is 19.4 Å². The maximum Gasteiger partial charge on any atom is 0.306 e. The van der Waals surface area contributed by atoms with E-state index in [0.29, 0.717) is 10.6 Å². The Morgan fingerprint density at radius 1 is 1.33 bits per heavy atom. The van der Waals surface area contributed by atoms with Crippen LogP contribution >= 0.6 is 11.6 Å². The van der Waals surface area contributed by atoms with Gasteiger partial charge in [0, 0.05) is 10.6 Å². The average molecular weight is 269 g/mol. The van der Waals surface area contributed by atoms with Crippen molar-refractivity contribution in [1.29, 1.82) is 0 Å². The zero-order chi connectivity index (χ0) is 13.7. The van der Waals surface area contributed by atoms with Crippen molar-refractivity contribution in [3.05, 3.63) is 34.9 Å². The molecule has 0 amide bonds. The molecule has 0 fully saturated rings. The van der Waals surface area contributed by atoms with Crippen LogP contribution in [0.2, 0.25) is 5.02 Å². The van der Waals surface area contributed by atoms with Crippen molar-refractivity contribution < 1.29 is 19.1 Å². The van der Waals surface area contributed by atoms with Crippen molar-refractivity contribution in [2.75, 3.05) is 7.11 Å². The Bertz CT molecular complexity index is 482. The summed E-state index contributed by atoms with van der Waals surface area (Å²) in [5.74, 6) is -2.40. The summed E-state index contributed by atoms with van der Waals surface area (Å²) in [7, 11) is 1.21. The predicted molar refractivity (Wildman–Crippen MR) is 66.6 cm³/mol. The second-order valence-electron chi connectivity index (χ2n) is 3.82. The minimum atomic E-state index is -1.02. The van der Waals surface area contributed by atoms with Crippen LogP contribution in [-0.2, 0) is 14.3 Å². The van der Waals surface area contributed by atoms with Gasteiger partial charge >= 0.3 is 5.97 Å². The van der Waals surface area contributed by atoms with Gasteiger partial charge in [-0.3, -0.25) is 14.4 Å². The average Bonchev–Trinajstić information content (AvgIpc) is 2.34. The van der Waals surface area contributed by atoms with Gasteiger partial charge in [-0.2, -0.15) is 0 Å². The highest BCUT2D eigenvalue weighted by Crippen LogP contribution is 2.18. The van der Waals surface area contributed by atoms with Crippen LogP contribution in [0.5, 0.6) is 0 Å². The zero-order valence-corrected chi connectivity index (χ0v) is 10.9. The summed E-state index contributed by atoms with van der Waals surface area (Å²) in [6.07, 6.45) is -0.253. The van der Waals surface area contributed by atoms with Crippen molar-refractivity contribution in [1.82, 2.24) is 0 Å². The lowest BCUT2D eigenvalue weighted by atomic mass is 9.91. The molecular weight excluding hydrogens is 256 g/mol. The number of hydrogen-bond donors (Lipinski definition) is 0. The minimum Gasteiger partial charge on any atom is -0.469 e. The lowest BCUT2D eigenvalue weighted by Crippen LogP contribution is -2.25. The quantitative estimate of drug-likeness (QED) is 0.467. The molecule has 0 aliphatic carbocycles. The van der Waals surface area contributed by atoms with E-state index < -0.39 is 17.7 Å². The molecule has 4 nitrogen and oxygen atoms in total. The first kappa shape index (κ1) is 14.4. The number of hydrogen-bond acceptors (Lipinski definition) is 4. The molecule has 1 aromatic carbocycles. The molecule has 1 unspecified atom stereocenters. The smallest absolute Gasteiger partial charge is 0.306 e. The molecule has 5 heteroatoms. The fourth-order valence-electron chi connectivity index (χ4n) is 1.51. The molecule has 0 heterocycles. The van der Waals surface area contributed by atoms with Crippen LogP contribution in [0.25, 0.3) is 0 Å². The van der Waals surface area contributed by atoms with Gasteiger partial charge < -0.3 is 4.74 Å². The number of esters is 1. The number of ketones is 2. The third-order valence-corrected chi connectivity index (χ3v) is 2.75. The van der Waals surface area contributed by atoms with E-state index in [-0.39, 0.29) is 12.2 Å². The number of rotatable bonds is 5. The monoisotopic (exact) mass is 268 g/mol. The molecule has 0 bridgehead atoms. The van der Waals surface area contributed by atoms with Gasteiger partial charge in [-0.1, -0.05) is 23.7 Å². The second kappa shape index (κ2) is 6.31. The van der Waals surface area contributed by atoms with E-state index in [1.54, 1.807) is 18.2 Å². The number of carbonyl (C=O) groups excluding carboxylic acids is 3. The fourth-order valence-corrected chi connectivity index (χ4v) is 1.70. The molecule has 1 atom stereocenters. The van der Waals surface area contributed by atoms with E-state index in [4.69, 9.17) is 11.6 Å². The first-order valence-electron chi connectivity index (χ1n) is 5.32. The van der Waals surface area contributed by atoms with Crippen LogP contribution in [-0.4, -0.2) is 24.6 Å². The van der Waals surface area contributed by atoms with Crippen molar-refractivity contribution in [2.45, 2.75) is 13.3 Å². The zero-order valence-electron chi connectivity index (χ0n) is 10.1. The largest absolute Gasteiger partial charge is 0.469 e. The number of benzene rings is 1. The van der Waals surface area contributed by atoms with Crippen molar-refractivity contribution >= 4 is 29.1 Å². The number of Topliss-reactive ketones (excluding diaryl/α,β-unsaturated/α-hetero) is 2. The van der Waals surface area contributed by atoms with E-state index in [9.17, 15) is 14.4 Å². The Morgan fingerprint density at radius 2 is 2.00 bits per heavy atom. The molecule has 0 aliphatic heterocycles. The lowest BCUT2D eigenvalue weighted by molar-refractivity contribution is -0.143. The van der Waals surface area contributed by atoms with Gasteiger partial charge in [0.25, 0.3) is 0 Å². The fraction of sp³-hybridized carbons (Fsp3) is 0.308. The van der Waals surface area contributed by atoms with Crippen molar-refractivity contribution in [2.24, 2.45) is 5.92 Å². The second-order valence-corrected chi connectivity index (χ2v) is 4.25. The SMILES string of the molecule is COC(=O)CC(C(C)=O)C(=O)c1cccc(Cl)c1. The topological polar surface area (TPSA) is 60.4 Å². The van der Waals surface area contributed by atoms with E-state index in [0.717, 1.165) is 0 Å². The van der Waals surface area contributed by atoms with Crippen LogP contribution in [0.4, 0.5) is 0 Å². The molecule has 0 spiro atoms. The van der Waals surface area contributed by atoms with Crippen LogP contribution in [0.15, 0.2) is 24.3 Å².